The van der Waals surface area contributed by atoms with Crippen molar-refractivity contribution in [3.63, 3.8) is 0 Å². The third-order valence-corrected chi connectivity index (χ3v) is 9.99. The number of fused-ring (bicyclic) bond motifs is 3. The van der Waals surface area contributed by atoms with Gasteiger partial charge in [0.1, 0.15) is 24.4 Å². The average Bonchev–Trinajstić information content (AvgIpc) is 3.73. The van der Waals surface area contributed by atoms with E-state index in [2.05, 4.69) is 22.5 Å². The van der Waals surface area contributed by atoms with E-state index in [0.29, 0.717) is 66.0 Å². The number of hydrogen-bond donors (Lipinski definition) is 0. The van der Waals surface area contributed by atoms with Crippen LogP contribution in [-0.2, 0) is 4.79 Å². The van der Waals surface area contributed by atoms with Gasteiger partial charge in [-0.3, -0.25) is 9.69 Å². The van der Waals surface area contributed by atoms with Crippen LogP contribution >= 0.6 is 11.3 Å². The van der Waals surface area contributed by atoms with Crippen LogP contribution < -0.4 is 9.64 Å². The number of amides is 1. The van der Waals surface area contributed by atoms with Crippen LogP contribution in [0.3, 0.4) is 0 Å². The highest BCUT2D eigenvalue weighted by Gasteiger charge is 2.49. The molecular formula is C32H31F2N7O2S. The Morgan fingerprint density at radius 2 is 2.11 bits per heavy atom. The predicted octanol–water partition coefficient (Wildman–Crippen LogP) is 5.12. The highest BCUT2D eigenvalue weighted by Crippen LogP contribution is 2.41. The number of thiazole rings is 1. The lowest BCUT2D eigenvalue weighted by Gasteiger charge is -2.41. The van der Waals surface area contributed by atoms with Gasteiger partial charge in [-0.2, -0.15) is 15.2 Å². The van der Waals surface area contributed by atoms with E-state index in [9.17, 15) is 14.4 Å². The molecule has 4 aromatic rings. The van der Waals surface area contributed by atoms with Crippen LogP contribution in [-0.4, -0.2) is 87.7 Å². The first-order valence-electron chi connectivity index (χ1n) is 14.8. The monoisotopic (exact) mass is 615 g/mol. The van der Waals surface area contributed by atoms with E-state index in [1.165, 1.54) is 23.5 Å². The molecule has 0 saturated carbocycles. The van der Waals surface area contributed by atoms with Gasteiger partial charge in [0.25, 0.3) is 0 Å². The van der Waals surface area contributed by atoms with Crippen molar-refractivity contribution in [2.75, 3.05) is 44.2 Å². The van der Waals surface area contributed by atoms with Crippen LogP contribution in [0.25, 0.3) is 32.2 Å². The Morgan fingerprint density at radius 1 is 1.23 bits per heavy atom. The van der Waals surface area contributed by atoms with Gasteiger partial charge in [-0.25, -0.2) is 13.8 Å². The van der Waals surface area contributed by atoms with Gasteiger partial charge in [0.15, 0.2) is 0 Å². The van der Waals surface area contributed by atoms with E-state index in [0.717, 1.165) is 24.1 Å². The van der Waals surface area contributed by atoms with Crippen LogP contribution in [0.4, 0.5) is 14.6 Å². The summed E-state index contributed by atoms with van der Waals surface area (Å²) in [6, 6.07) is 10.7. The molecule has 1 unspecified atom stereocenters. The molecule has 0 bridgehead atoms. The van der Waals surface area contributed by atoms with Crippen molar-refractivity contribution in [3.05, 3.63) is 54.3 Å². The lowest BCUT2D eigenvalue weighted by molar-refractivity contribution is -0.128. The number of ether oxygens (including phenoxy) is 1. The van der Waals surface area contributed by atoms with Crippen molar-refractivity contribution >= 4 is 44.2 Å². The molecule has 0 N–H and O–H groups in total. The second kappa shape index (κ2) is 11.4. The third-order valence-electron chi connectivity index (χ3n) is 9.19. The topological polar surface area (TPSA) is 98.5 Å². The Hall–Kier alpha value is -4.21. The molecule has 2 aromatic heterocycles. The van der Waals surface area contributed by atoms with Gasteiger partial charge in [0.05, 0.1) is 45.3 Å². The highest BCUT2D eigenvalue weighted by molar-refractivity contribution is 7.16. The maximum atomic E-state index is 16.0. The predicted molar refractivity (Wildman–Crippen MR) is 165 cm³/mol. The molecule has 0 radical (unpaired) electrons. The second-order valence-electron chi connectivity index (χ2n) is 11.7. The number of carbonyl (C=O) groups excluding carboxylic acids is 1. The molecule has 7 rings (SSSR count). The summed E-state index contributed by atoms with van der Waals surface area (Å²) in [5.41, 5.74) is 3.59. The van der Waals surface area contributed by atoms with Crippen LogP contribution in [0.15, 0.2) is 48.5 Å². The molecular weight excluding hydrogens is 584 g/mol. The number of aromatic nitrogens is 3. The number of benzene rings is 2. The quantitative estimate of drug-likeness (QED) is 0.265. The zero-order valence-corrected chi connectivity index (χ0v) is 24.9. The number of hydrogen-bond acceptors (Lipinski definition) is 9. The van der Waals surface area contributed by atoms with E-state index in [-0.39, 0.29) is 30.5 Å². The molecule has 0 aliphatic carbocycles. The number of nitrogens with zero attached hydrogens (tertiary/aromatic N) is 7. The van der Waals surface area contributed by atoms with Gasteiger partial charge in [-0.15, -0.1) is 11.3 Å². The summed E-state index contributed by atoms with van der Waals surface area (Å²) in [4.78, 5) is 32.3. The molecule has 226 valence electrons. The van der Waals surface area contributed by atoms with Crippen LogP contribution in [0.1, 0.15) is 25.7 Å². The van der Waals surface area contributed by atoms with Crippen molar-refractivity contribution in [2.24, 2.45) is 0 Å². The molecule has 3 aliphatic rings. The summed E-state index contributed by atoms with van der Waals surface area (Å²) >= 11 is 1.49. The molecule has 3 fully saturated rings. The molecule has 9 nitrogen and oxygen atoms in total. The molecule has 3 saturated heterocycles. The first-order valence-corrected chi connectivity index (χ1v) is 15.7. The Morgan fingerprint density at radius 3 is 2.95 bits per heavy atom. The van der Waals surface area contributed by atoms with Gasteiger partial charge < -0.3 is 14.5 Å². The number of halogens is 2. The van der Waals surface area contributed by atoms with Crippen LogP contribution in [0.2, 0.25) is 0 Å². The second-order valence-corrected chi connectivity index (χ2v) is 12.6. The zero-order chi connectivity index (χ0) is 30.4. The minimum absolute atomic E-state index is 0.126. The summed E-state index contributed by atoms with van der Waals surface area (Å²) in [6.07, 6.45) is 2.73. The van der Waals surface area contributed by atoms with Gasteiger partial charge in [0, 0.05) is 49.1 Å². The zero-order valence-electron chi connectivity index (χ0n) is 24.1. The van der Waals surface area contributed by atoms with Gasteiger partial charge in [0.2, 0.25) is 5.91 Å². The molecule has 0 spiro atoms. The standard InChI is InChI=1S/C32H31F2N7O2S/c1-2-28(42)41-12-11-39(17-21(41)7-9-35)30-24-13-25(34)23(22-5-3-6-27-29(22)36-19-44-27)14-26(24)37-31(38-30)43-18-32-8-4-10-40(32)16-20(33)15-32/h2-3,5-6,13-14,19-21H,1,4,7-8,10-12,15-18H2/t20-,21+,32?/m1/s1. The number of carbonyl (C=O) groups is 1. The van der Waals surface area contributed by atoms with Crippen molar-refractivity contribution in [1.82, 2.24) is 24.8 Å². The van der Waals surface area contributed by atoms with E-state index < -0.39 is 18.0 Å². The summed E-state index contributed by atoms with van der Waals surface area (Å²) in [6.45, 7) is 6.18. The third kappa shape index (κ3) is 4.94. The fourth-order valence-corrected chi connectivity index (χ4v) is 7.81. The van der Waals surface area contributed by atoms with Crippen molar-refractivity contribution in [1.29, 1.82) is 5.26 Å². The summed E-state index contributed by atoms with van der Waals surface area (Å²) < 4.78 is 37.6. The fraction of sp³-hybridized carbons (Fsp3) is 0.406. The minimum atomic E-state index is -0.891. The van der Waals surface area contributed by atoms with Crippen molar-refractivity contribution in [2.45, 2.75) is 43.4 Å². The van der Waals surface area contributed by atoms with E-state index in [1.54, 1.807) is 16.5 Å². The van der Waals surface area contributed by atoms with Crippen LogP contribution in [0, 0.1) is 17.1 Å². The van der Waals surface area contributed by atoms with Crippen LogP contribution in [0.5, 0.6) is 6.01 Å². The molecule has 3 atom stereocenters. The Balaban J connectivity index is 1.31. The summed E-state index contributed by atoms with van der Waals surface area (Å²) in [7, 11) is 0. The normalized spacial score (nSPS) is 23.7. The van der Waals surface area contributed by atoms with E-state index in [4.69, 9.17) is 14.7 Å². The number of nitriles is 1. The van der Waals surface area contributed by atoms with Gasteiger partial charge in [-0.1, -0.05) is 18.7 Å². The van der Waals surface area contributed by atoms with Crippen molar-refractivity contribution < 1.29 is 18.3 Å². The molecule has 3 aliphatic heterocycles. The molecule has 2 aromatic carbocycles. The van der Waals surface area contributed by atoms with Gasteiger partial charge >= 0.3 is 6.01 Å². The lowest BCUT2D eigenvalue weighted by atomic mass is 9.95. The Kier molecular flexibility index (Phi) is 7.38. The van der Waals surface area contributed by atoms with E-state index >= 15 is 4.39 Å². The number of anilines is 1. The highest BCUT2D eigenvalue weighted by atomic mass is 32.1. The number of rotatable bonds is 7. The Bertz CT molecular complexity index is 1810. The number of alkyl halides is 1. The van der Waals surface area contributed by atoms with Gasteiger partial charge in [-0.05, 0) is 43.7 Å². The SMILES string of the molecule is C=CC(=O)N1CCN(c2nc(OCC34CCCN3C[C@H](F)C4)nc3cc(-c4cccc5scnc45)c(F)cc23)C[C@@H]1CC#N. The fourth-order valence-electron chi connectivity index (χ4n) is 7.11. The molecule has 1 amide bonds. The number of para-hydroxylation sites is 1. The van der Waals surface area contributed by atoms with Crippen molar-refractivity contribution in [3.8, 4) is 23.2 Å². The molecule has 5 heterocycles. The first-order chi connectivity index (χ1) is 21.4. The summed E-state index contributed by atoms with van der Waals surface area (Å²) in [5.74, 6) is -0.214. The molecule has 44 heavy (non-hydrogen) atoms. The maximum Gasteiger partial charge on any atom is 0.319 e. The minimum Gasteiger partial charge on any atom is -0.461 e. The average molecular weight is 616 g/mol. The first kappa shape index (κ1) is 28.6. The smallest absolute Gasteiger partial charge is 0.319 e. The lowest BCUT2D eigenvalue weighted by Crippen LogP contribution is -2.55. The maximum absolute atomic E-state index is 16.0. The summed E-state index contributed by atoms with van der Waals surface area (Å²) in [5, 5.41) is 10.00. The largest absolute Gasteiger partial charge is 0.461 e. The molecule has 12 heteroatoms. The Labute approximate surface area is 257 Å². The number of piperazine rings is 1. The van der Waals surface area contributed by atoms with E-state index in [1.807, 2.05) is 23.1 Å².